The van der Waals surface area contributed by atoms with E-state index in [0.29, 0.717) is 24.1 Å². The summed E-state index contributed by atoms with van der Waals surface area (Å²) >= 11 is 6.24. The molecular formula is C21H24ClFN6. The number of aliphatic imine (C=N–C) groups is 1. The maximum absolute atomic E-state index is 13.4. The van der Waals surface area contributed by atoms with Crippen molar-refractivity contribution < 1.29 is 4.39 Å². The van der Waals surface area contributed by atoms with E-state index in [2.05, 4.69) is 25.8 Å². The van der Waals surface area contributed by atoms with E-state index in [-0.39, 0.29) is 11.2 Å². The zero-order valence-corrected chi connectivity index (χ0v) is 17.4. The molecule has 0 amide bonds. The van der Waals surface area contributed by atoms with E-state index in [1.54, 1.807) is 19.4 Å². The van der Waals surface area contributed by atoms with Crippen LogP contribution in [0.5, 0.6) is 0 Å². The fourth-order valence-electron chi connectivity index (χ4n) is 3.01. The Morgan fingerprint density at radius 3 is 2.62 bits per heavy atom. The van der Waals surface area contributed by atoms with Crippen molar-refractivity contribution in [3.05, 3.63) is 77.1 Å². The third-order valence-electron chi connectivity index (χ3n) is 4.65. The second kappa shape index (κ2) is 9.05. The highest BCUT2D eigenvalue weighted by molar-refractivity contribution is 6.31. The van der Waals surface area contributed by atoms with Gasteiger partial charge in [0.25, 0.3) is 0 Å². The summed E-state index contributed by atoms with van der Waals surface area (Å²) in [5.41, 5.74) is 1.53. The molecule has 8 heteroatoms. The quantitative estimate of drug-likeness (QED) is 0.476. The van der Waals surface area contributed by atoms with E-state index in [9.17, 15) is 4.39 Å². The lowest BCUT2D eigenvalue weighted by Crippen LogP contribution is -2.43. The first-order valence-electron chi connectivity index (χ1n) is 9.25. The van der Waals surface area contributed by atoms with E-state index in [0.717, 1.165) is 17.1 Å². The Labute approximate surface area is 174 Å². The molecule has 0 aliphatic rings. The molecule has 0 aliphatic heterocycles. The van der Waals surface area contributed by atoms with Crippen LogP contribution in [0.4, 0.5) is 4.39 Å². The number of nitrogens with one attached hydrogen (secondary N) is 2. The van der Waals surface area contributed by atoms with Crippen LogP contribution < -0.4 is 10.6 Å². The number of hydrogen-bond donors (Lipinski definition) is 2. The third kappa shape index (κ3) is 5.12. The van der Waals surface area contributed by atoms with Crippen LogP contribution in [0.25, 0.3) is 5.69 Å². The number of para-hydroxylation sites is 1. The number of rotatable bonds is 6. The molecule has 152 valence electrons. The zero-order chi connectivity index (χ0) is 20.9. The van der Waals surface area contributed by atoms with Crippen molar-refractivity contribution in [2.75, 3.05) is 13.6 Å². The lowest BCUT2D eigenvalue weighted by Gasteiger charge is -2.27. The lowest BCUT2D eigenvalue weighted by atomic mass is 9.84. The minimum atomic E-state index is -0.345. The van der Waals surface area contributed by atoms with Crippen LogP contribution in [-0.2, 0) is 12.0 Å². The first kappa shape index (κ1) is 20.8. The Balaban J connectivity index is 1.63. The van der Waals surface area contributed by atoms with Gasteiger partial charge in [0.15, 0.2) is 11.8 Å². The van der Waals surface area contributed by atoms with Crippen LogP contribution in [0.1, 0.15) is 25.2 Å². The van der Waals surface area contributed by atoms with Gasteiger partial charge in [-0.2, -0.15) is 0 Å². The Bertz CT molecular complexity index is 984. The monoisotopic (exact) mass is 414 g/mol. The summed E-state index contributed by atoms with van der Waals surface area (Å²) in [4.78, 5) is 4.27. The molecule has 2 aromatic carbocycles. The number of halogens is 2. The standard InChI is InChI=1S/C21H24ClFN6/c1-21(2,17-10-9-15(23)11-18(17)22)13-26-20(24-3)25-12-19-28-27-14-29(19)16-7-5-4-6-8-16/h4-11,14H,12-13H2,1-3H3,(H2,24,25,26). The molecule has 0 unspecified atom stereocenters. The predicted octanol–water partition coefficient (Wildman–Crippen LogP) is 3.70. The van der Waals surface area contributed by atoms with Crippen LogP contribution in [0, 0.1) is 5.82 Å². The van der Waals surface area contributed by atoms with Crippen LogP contribution >= 0.6 is 11.6 Å². The maximum Gasteiger partial charge on any atom is 0.191 e. The summed E-state index contributed by atoms with van der Waals surface area (Å²) in [5.74, 6) is 1.04. The van der Waals surface area contributed by atoms with Gasteiger partial charge in [0.05, 0.1) is 6.54 Å². The molecule has 2 N–H and O–H groups in total. The molecular weight excluding hydrogens is 391 g/mol. The molecule has 0 atom stereocenters. The number of hydrogen-bond acceptors (Lipinski definition) is 3. The van der Waals surface area contributed by atoms with Crippen molar-refractivity contribution >= 4 is 17.6 Å². The molecule has 29 heavy (non-hydrogen) atoms. The van der Waals surface area contributed by atoms with Crippen LogP contribution in [0.15, 0.2) is 59.9 Å². The minimum absolute atomic E-state index is 0.327. The van der Waals surface area contributed by atoms with Gasteiger partial charge in [-0.25, -0.2) is 4.39 Å². The van der Waals surface area contributed by atoms with E-state index < -0.39 is 0 Å². The van der Waals surface area contributed by atoms with Crippen molar-refractivity contribution in [3.63, 3.8) is 0 Å². The Morgan fingerprint density at radius 1 is 1.17 bits per heavy atom. The molecule has 0 saturated heterocycles. The third-order valence-corrected chi connectivity index (χ3v) is 4.96. The average molecular weight is 415 g/mol. The molecule has 0 radical (unpaired) electrons. The van der Waals surface area contributed by atoms with Gasteiger partial charge in [-0.3, -0.25) is 9.56 Å². The van der Waals surface area contributed by atoms with Gasteiger partial charge in [-0.1, -0.05) is 49.7 Å². The number of aromatic nitrogens is 3. The maximum atomic E-state index is 13.4. The van der Waals surface area contributed by atoms with Gasteiger partial charge in [-0.15, -0.1) is 10.2 Å². The molecule has 0 spiro atoms. The molecule has 3 rings (SSSR count). The van der Waals surface area contributed by atoms with Crippen molar-refractivity contribution in [2.45, 2.75) is 25.8 Å². The Kier molecular flexibility index (Phi) is 6.49. The summed E-state index contributed by atoms with van der Waals surface area (Å²) in [6.45, 7) is 5.09. The highest BCUT2D eigenvalue weighted by Crippen LogP contribution is 2.29. The van der Waals surface area contributed by atoms with Gasteiger partial charge >= 0.3 is 0 Å². The highest BCUT2D eigenvalue weighted by atomic mass is 35.5. The van der Waals surface area contributed by atoms with E-state index >= 15 is 0 Å². The van der Waals surface area contributed by atoms with Gasteiger partial charge in [0, 0.05) is 29.7 Å². The van der Waals surface area contributed by atoms with Crippen molar-refractivity contribution in [1.29, 1.82) is 0 Å². The first-order chi connectivity index (χ1) is 13.9. The fourth-order valence-corrected chi connectivity index (χ4v) is 3.43. The van der Waals surface area contributed by atoms with E-state index in [1.165, 1.54) is 12.1 Å². The van der Waals surface area contributed by atoms with Crippen molar-refractivity contribution in [2.24, 2.45) is 4.99 Å². The van der Waals surface area contributed by atoms with E-state index in [1.807, 2.05) is 48.7 Å². The number of nitrogens with zero attached hydrogens (tertiary/aromatic N) is 4. The predicted molar refractivity (Wildman–Crippen MR) is 114 cm³/mol. The Hall–Kier alpha value is -2.93. The topological polar surface area (TPSA) is 67.1 Å². The summed E-state index contributed by atoms with van der Waals surface area (Å²) in [6, 6.07) is 14.4. The summed E-state index contributed by atoms with van der Waals surface area (Å²) in [5, 5.41) is 15.2. The zero-order valence-electron chi connectivity index (χ0n) is 16.7. The van der Waals surface area contributed by atoms with Gasteiger partial charge in [-0.05, 0) is 29.8 Å². The first-order valence-corrected chi connectivity index (χ1v) is 9.63. The molecule has 3 aromatic rings. The van der Waals surface area contributed by atoms with Gasteiger partial charge in [0.2, 0.25) is 0 Å². The molecule has 6 nitrogen and oxygen atoms in total. The number of guanidine groups is 1. The van der Waals surface area contributed by atoms with Gasteiger partial charge < -0.3 is 10.6 Å². The average Bonchev–Trinajstić information content (AvgIpc) is 3.17. The second-order valence-electron chi connectivity index (χ2n) is 7.24. The van der Waals surface area contributed by atoms with Crippen LogP contribution in [0.2, 0.25) is 5.02 Å². The Morgan fingerprint density at radius 2 is 1.93 bits per heavy atom. The molecule has 0 aliphatic carbocycles. The molecule has 0 saturated carbocycles. The van der Waals surface area contributed by atoms with Crippen molar-refractivity contribution in [1.82, 2.24) is 25.4 Å². The SMILES string of the molecule is CN=C(NCc1nncn1-c1ccccc1)NCC(C)(C)c1ccc(F)cc1Cl. The molecule has 1 aromatic heterocycles. The minimum Gasteiger partial charge on any atom is -0.356 e. The molecule has 1 heterocycles. The highest BCUT2D eigenvalue weighted by Gasteiger charge is 2.24. The smallest absolute Gasteiger partial charge is 0.191 e. The fraction of sp³-hybridized carbons (Fsp3) is 0.286. The summed E-state index contributed by atoms with van der Waals surface area (Å²) in [7, 11) is 1.70. The lowest BCUT2D eigenvalue weighted by molar-refractivity contribution is 0.506. The second-order valence-corrected chi connectivity index (χ2v) is 7.65. The van der Waals surface area contributed by atoms with Crippen LogP contribution in [-0.4, -0.2) is 34.3 Å². The van der Waals surface area contributed by atoms with E-state index in [4.69, 9.17) is 11.6 Å². The molecule has 0 fully saturated rings. The summed E-state index contributed by atoms with van der Waals surface area (Å²) < 4.78 is 15.3. The summed E-state index contributed by atoms with van der Waals surface area (Å²) in [6.07, 6.45) is 1.68. The van der Waals surface area contributed by atoms with Crippen molar-refractivity contribution in [3.8, 4) is 5.69 Å². The molecule has 0 bridgehead atoms. The number of benzene rings is 2. The largest absolute Gasteiger partial charge is 0.356 e. The van der Waals surface area contributed by atoms with Gasteiger partial charge in [0.1, 0.15) is 12.1 Å². The normalized spacial score (nSPS) is 12.1. The van der Waals surface area contributed by atoms with Crippen LogP contribution in [0.3, 0.4) is 0 Å².